The highest BCUT2D eigenvalue weighted by Crippen LogP contribution is 2.44. The summed E-state index contributed by atoms with van der Waals surface area (Å²) in [4.78, 5) is 13.3. The quantitative estimate of drug-likeness (QED) is 0.705. The molecule has 1 N–H and O–H groups in total. The minimum Gasteiger partial charge on any atom is -0.481 e. The van der Waals surface area contributed by atoms with Gasteiger partial charge in [-0.2, -0.15) is 0 Å². The topological polar surface area (TPSA) is 40.5 Å². The molecule has 3 nitrogen and oxygen atoms in total. The first-order chi connectivity index (χ1) is 7.27. The van der Waals surface area contributed by atoms with E-state index in [1.807, 2.05) is 12.2 Å². The second kappa shape index (κ2) is 2.99. The van der Waals surface area contributed by atoms with Gasteiger partial charge in [-0.1, -0.05) is 18.2 Å². The molecule has 3 atom stereocenters. The molecule has 3 aliphatic rings. The molecule has 0 spiro atoms. The molecule has 0 aromatic rings. The fraction of sp³-hybridized carbons (Fsp3) is 0.417. The first-order valence-corrected chi connectivity index (χ1v) is 5.33. The molecule has 2 heterocycles. The van der Waals surface area contributed by atoms with Crippen molar-refractivity contribution in [1.82, 2.24) is 4.90 Å². The Kier molecular flexibility index (Phi) is 1.75. The van der Waals surface area contributed by atoms with Crippen molar-refractivity contribution in [2.75, 3.05) is 0 Å². The van der Waals surface area contributed by atoms with Crippen LogP contribution in [0.3, 0.4) is 0 Å². The van der Waals surface area contributed by atoms with Crippen LogP contribution in [-0.2, 0) is 4.79 Å². The third kappa shape index (κ3) is 1.16. The van der Waals surface area contributed by atoms with Crippen molar-refractivity contribution in [2.24, 2.45) is 11.8 Å². The van der Waals surface area contributed by atoms with E-state index in [1.54, 1.807) is 0 Å². The summed E-state index contributed by atoms with van der Waals surface area (Å²) in [5.41, 5.74) is 1.18. The van der Waals surface area contributed by atoms with Gasteiger partial charge in [-0.15, -0.1) is 0 Å². The Labute approximate surface area is 88.4 Å². The second-order valence-corrected chi connectivity index (χ2v) is 4.36. The lowest BCUT2D eigenvalue weighted by molar-refractivity contribution is -0.141. The van der Waals surface area contributed by atoms with Gasteiger partial charge < -0.3 is 10.0 Å². The van der Waals surface area contributed by atoms with Crippen LogP contribution in [0.2, 0.25) is 0 Å². The first-order valence-electron chi connectivity index (χ1n) is 5.33. The minimum atomic E-state index is -0.702. The summed E-state index contributed by atoms with van der Waals surface area (Å²) in [6.07, 6.45) is 12.0. The predicted molar refractivity (Wildman–Crippen MR) is 55.8 cm³/mol. The molecular formula is C12H13NO2. The van der Waals surface area contributed by atoms with Gasteiger partial charge in [-0.3, -0.25) is 4.79 Å². The summed E-state index contributed by atoms with van der Waals surface area (Å²) < 4.78 is 0. The van der Waals surface area contributed by atoms with Gasteiger partial charge in [0.2, 0.25) is 0 Å². The highest BCUT2D eigenvalue weighted by Gasteiger charge is 2.42. The van der Waals surface area contributed by atoms with Gasteiger partial charge in [0.25, 0.3) is 0 Å². The van der Waals surface area contributed by atoms with Gasteiger partial charge in [-0.05, 0) is 18.9 Å². The fourth-order valence-electron chi connectivity index (χ4n) is 2.88. The Balaban J connectivity index is 1.95. The van der Waals surface area contributed by atoms with E-state index >= 15 is 0 Å². The lowest BCUT2D eigenvalue weighted by atomic mass is 9.84. The minimum absolute atomic E-state index is 0.183. The molecule has 0 radical (unpaired) electrons. The van der Waals surface area contributed by atoms with E-state index in [0.717, 1.165) is 12.8 Å². The van der Waals surface area contributed by atoms with Crippen molar-refractivity contribution < 1.29 is 9.90 Å². The van der Waals surface area contributed by atoms with Crippen LogP contribution >= 0.6 is 0 Å². The molecule has 0 aromatic carbocycles. The molecule has 0 aromatic heterocycles. The van der Waals surface area contributed by atoms with Crippen LogP contribution in [0.5, 0.6) is 0 Å². The van der Waals surface area contributed by atoms with E-state index in [-0.39, 0.29) is 11.8 Å². The Bertz CT molecular complexity index is 394. The molecule has 0 saturated carbocycles. The van der Waals surface area contributed by atoms with Crippen molar-refractivity contribution in [1.29, 1.82) is 0 Å². The molecule has 1 fully saturated rings. The van der Waals surface area contributed by atoms with E-state index in [0.29, 0.717) is 6.04 Å². The number of hydrogen-bond donors (Lipinski definition) is 1. The summed E-state index contributed by atoms with van der Waals surface area (Å²) >= 11 is 0. The van der Waals surface area contributed by atoms with Crippen molar-refractivity contribution in [2.45, 2.75) is 18.9 Å². The van der Waals surface area contributed by atoms with E-state index in [9.17, 15) is 4.79 Å². The van der Waals surface area contributed by atoms with Crippen molar-refractivity contribution in [3.05, 3.63) is 36.2 Å². The molecule has 0 amide bonds. The van der Waals surface area contributed by atoms with Crippen LogP contribution in [0.25, 0.3) is 0 Å². The standard InChI is InChI=1S/C12H13NO2/c14-12(15)9-4-1-5-11-10(9)7-8-3-2-6-13(8)11/h1-2,4-6,8-10H,3,7H2,(H,14,15). The maximum atomic E-state index is 11.1. The molecule has 1 aliphatic carbocycles. The van der Waals surface area contributed by atoms with Crippen LogP contribution in [-0.4, -0.2) is 22.0 Å². The van der Waals surface area contributed by atoms with Gasteiger partial charge >= 0.3 is 5.97 Å². The van der Waals surface area contributed by atoms with Crippen LogP contribution in [0.15, 0.2) is 36.2 Å². The van der Waals surface area contributed by atoms with Gasteiger partial charge in [-0.25, -0.2) is 0 Å². The summed E-state index contributed by atoms with van der Waals surface area (Å²) in [7, 11) is 0. The number of allylic oxidation sites excluding steroid dienone is 3. The highest BCUT2D eigenvalue weighted by atomic mass is 16.4. The Morgan fingerprint density at radius 2 is 2.40 bits per heavy atom. The Morgan fingerprint density at radius 1 is 1.53 bits per heavy atom. The van der Waals surface area contributed by atoms with Gasteiger partial charge in [0.05, 0.1) is 5.92 Å². The summed E-state index contributed by atoms with van der Waals surface area (Å²) in [5, 5.41) is 9.13. The molecule has 0 bridgehead atoms. The van der Waals surface area contributed by atoms with Gasteiger partial charge in [0, 0.05) is 23.9 Å². The molecule has 1 saturated heterocycles. The number of aliphatic carboxylic acids is 1. The van der Waals surface area contributed by atoms with Crippen LogP contribution < -0.4 is 0 Å². The monoisotopic (exact) mass is 203 g/mol. The zero-order valence-corrected chi connectivity index (χ0v) is 8.34. The van der Waals surface area contributed by atoms with E-state index in [2.05, 4.69) is 23.3 Å². The zero-order chi connectivity index (χ0) is 10.4. The number of rotatable bonds is 1. The third-order valence-electron chi connectivity index (χ3n) is 3.58. The number of nitrogens with zero attached hydrogens (tertiary/aromatic N) is 1. The molecule has 3 rings (SSSR count). The zero-order valence-electron chi connectivity index (χ0n) is 8.34. The second-order valence-electron chi connectivity index (χ2n) is 4.36. The molecule has 15 heavy (non-hydrogen) atoms. The average molecular weight is 203 g/mol. The molecule has 78 valence electrons. The first kappa shape index (κ1) is 8.77. The molecule has 2 aliphatic heterocycles. The Hall–Kier alpha value is -1.51. The SMILES string of the molecule is O=C(O)C1C=CC=C2C1CC1CC=CN21. The highest BCUT2D eigenvalue weighted by molar-refractivity contribution is 5.74. The number of carboxylic acid groups (broad SMARTS) is 1. The van der Waals surface area contributed by atoms with Crippen LogP contribution in [0.4, 0.5) is 0 Å². The lowest BCUT2D eigenvalue weighted by Gasteiger charge is -2.23. The van der Waals surface area contributed by atoms with Gasteiger partial charge in [0.1, 0.15) is 0 Å². The molecular weight excluding hydrogens is 190 g/mol. The maximum absolute atomic E-state index is 11.1. The summed E-state index contributed by atoms with van der Waals surface area (Å²) in [5.74, 6) is -0.849. The number of carboxylic acids is 1. The number of carbonyl (C=O) groups is 1. The predicted octanol–water partition coefficient (Wildman–Crippen LogP) is 1.75. The van der Waals surface area contributed by atoms with E-state index in [4.69, 9.17) is 5.11 Å². The lowest BCUT2D eigenvalue weighted by Crippen LogP contribution is -2.24. The number of fused-ring (bicyclic) bond motifs is 3. The van der Waals surface area contributed by atoms with Crippen molar-refractivity contribution in [3.8, 4) is 0 Å². The summed E-state index contributed by atoms with van der Waals surface area (Å²) in [6, 6.07) is 0.503. The molecule has 3 unspecified atom stereocenters. The third-order valence-corrected chi connectivity index (χ3v) is 3.58. The molecule has 3 heteroatoms. The van der Waals surface area contributed by atoms with Crippen LogP contribution in [0.1, 0.15) is 12.8 Å². The Morgan fingerprint density at radius 3 is 3.20 bits per heavy atom. The maximum Gasteiger partial charge on any atom is 0.311 e. The average Bonchev–Trinajstić information content (AvgIpc) is 2.75. The van der Waals surface area contributed by atoms with Crippen molar-refractivity contribution in [3.63, 3.8) is 0 Å². The van der Waals surface area contributed by atoms with E-state index < -0.39 is 5.97 Å². The smallest absolute Gasteiger partial charge is 0.311 e. The van der Waals surface area contributed by atoms with Crippen LogP contribution in [0, 0.1) is 11.8 Å². The largest absolute Gasteiger partial charge is 0.481 e. The number of hydrogen-bond acceptors (Lipinski definition) is 2. The van der Waals surface area contributed by atoms with E-state index in [1.165, 1.54) is 5.70 Å². The van der Waals surface area contributed by atoms with Crippen molar-refractivity contribution >= 4 is 5.97 Å². The summed E-state index contributed by atoms with van der Waals surface area (Å²) in [6.45, 7) is 0. The van der Waals surface area contributed by atoms with Gasteiger partial charge in [0.15, 0.2) is 0 Å². The fourth-order valence-corrected chi connectivity index (χ4v) is 2.88. The normalized spacial score (nSPS) is 36.4.